The molecule has 0 aliphatic heterocycles. The van der Waals surface area contributed by atoms with E-state index in [0.29, 0.717) is 0 Å². The van der Waals surface area contributed by atoms with E-state index in [-0.39, 0.29) is 12.0 Å². The van der Waals surface area contributed by atoms with Crippen molar-refractivity contribution in [1.29, 1.82) is 0 Å². The van der Waals surface area contributed by atoms with E-state index in [1.807, 2.05) is 0 Å². The maximum Gasteiger partial charge on any atom is 0.398 e. The van der Waals surface area contributed by atoms with Gasteiger partial charge < -0.3 is 5.73 Å². The van der Waals surface area contributed by atoms with Crippen molar-refractivity contribution in [2.75, 3.05) is 0 Å². The van der Waals surface area contributed by atoms with E-state index in [1.54, 1.807) is 0 Å². The van der Waals surface area contributed by atoms with Crippen molar-refractivity contribution in [1.82, 2.24) is 4.98 Å². The third-order valence-corrected chi connectivity index (χ3v) is 1.40. The van der Waals surface area contributed by atoms with Gasteiger partial charge in [0.25, 0.3) is 5.91 Å². The van der Waals surface area contributed by atoms with Crippen LogP contribution in [0.25, 0.3) is 0 Å². The van der Waals surface area contributed by atoms with E-state index in [4.69, 9.17) is 5.73 Å². The van der Waals surface area contributed by atoms with Crippen molar-refractivity contribution in [3.63, 3.8) is 0 Å². The fraction of sp³-hybridized carbons (Fsp3) is 0.125. The molecule has 1 radical (unpaired) electrons. The molecule has 14 heavy (non-hydrogen) atoms. The maximum atomic E-state index is 11.9. The topological polar surface area (TPSA) is 56.0 Å². The molecule has 0 unspecified atom stereocenters. The van der Waals surface area contributed by atoms with Crippen molar-refractivity contribution in [2.24, 2.45) is 5.73 Å². The van der Waals surface area contributed by atoms with Gasteiger partial charge in [-0.2, -0.15) is 13.2 Å². The van der Waals surface area contributed by atoms with Crippen molar-refractivity contribution in [3.8, 4) is 0 Å². The van der Waals surface area contributed by atoms with Crippen molar-refractivity contribution < 1.29 is 18.0 Å². The summed E-state index contributed by atoms with van der Waals surface area (Å²) in [5, 5.41) is 0. The van der Waals surface area contributed by atoms with Crippen LogP contribution < -0.4 is 5.73 Å². The molecule has 0 saturated heterocycles. The lowest BCUT2D eigenvalue weighted by Crippen LogP contribution is -2.18. The van der Waals surface area contributed by atoms with Crippen LogP contribution >= 0.6 is 0 Å². The molecule has 75 valence electrons. The number of amides is 1. The second kappa shape index (κ2) is 3.65. The van der Waals surface area contributed by atoms with Crippen LogP contribution in [0.15, 0.2) is 18.3 Å². The van der Waals surface area contributed by atoms with Gasteiger partial charge in [-0.05, 0) is 12.1 Å². The Balaban J connectivity index is 3.02. The molecule has 1 rings (SSSR count). The fourth-order valence-electron chi connectivity index (χ4n) is 0.896. The van der Waals surface area contributed by atoms with E-state index in [1.165, 1.54) is 12.1 Å². The van der Waals surface area contributed by atoms with Crippen LogP contribution in [0.1, 0.15) is 16.1 Å². The standard InChI is InChI=1S/C8H6F3N2O/c9-8(10,11)4-6-5(7(12)14)2-1-3-13-6/h1-4H,(H2,12,14). The number of pyridine rings is 1. The molecule has 1 aromatic rings. The largest absolute Gasteiger partial charge is 0.398 e. The van der Waals surface area contributed by atoms with Crippen LogP contribution in [0.3, 0.4) is 0 Å². The van der Waals surface area contributed by atoms with Gasteiger partial charge in [0.1, 0.15) is 6.42 Å². The summed E-state index contributed by atoms with van der Waals surface area (Å²) in [5.74, 6) is -0.936. The van der Waals surface area contributed by atoms with Gasteiger partial charge in [0.2, 0.25) is 0 Å². The number of primary amides is 1. The molecule has 0 aromatic carbocycles. The number of nitrogens with two attached hydrogens (primary N) is 1. The summed E-state index contributed by atoms with van der Waals surface area (Å²) >= 11 is 0. The minimum absolute atomic E-state index is 0.0624. The monoisotopic (exact) mass is 203 g/mol. The molecule has 0 spiro atoms. The predicted molar refractivity (Wildman–Crippen MR) is 42.2 cm³/mol. The molecule has 2 N–H and O–H groups in total. The lowest BCUT2D eigenvalue weighted by molar-refractivity contribution is -0.0931. The Labute approximate surface area is 77.7 Å². The Morgan fingerprint density at radius 3 is 2.64 bits per heavy atom. The quantitative estimate of drug-likeness (QED) is 0.787. The van der Waals surface area contributed by atoms with Gasteiger partial charge in [-0.15, -0.1) is 0 Å². The predicted octanol–water partition coefficient (Wildman–Crippen LogP) is 1.30. The molecule has 0 bridgehead atoms. The molecule has 1 aromatic heterocycles. The number of carbonyl (C=O) groups is 1. The van der Waals surface area contributed by atoms with Crippen LogP contribution in [-0.2, 0) is 0 Å². The molecule has 1 heterocycles. The van der Waals surface area contributed by atoms with Crippen molar-refractivity contribution >= 4 is 5.91 Å². The number of carbonyl (C=O) groups excluding carboxylic acids is 1. The lowest BCUT2D eigenvalue weighted by Gasteiger charge is -2.07. The summed E-state index contributed by atoms with van der Waals surface area (Å²) in [5.41, 5.74) is 4.16. The van der Waals surface area contributed by atoms with Crippen LogP contribution in [0, 0.1) is 6.42 Å². The average Bonchev–Trinajstić information content (AvgIpc) is 2.01. The zero-order valence-corrected chi connectivity index (χ0v) is 6.88. The van der Waals surface area contributed by atoms with E-state index in [9.17, 15) is 18.0 Å². The number of nitrogens with zero attached hydrogens (tertiary/aromatic N) is 1. The molecule has 0 fully saturated rings. The number of rotatable bonds is 2. The fourth-order valence-corrected chi connectivity index (χ4v) is 0.896. The normalized spacial score (nSPS) is 11.4. The second-order valence-electron chi connectivity index (χ2n) is 2.49. The molecule has 0 aliphatic carbocycles. The van der Waals surface area contributed by atoms with Gasteiger partial charge in [0.05, 0.1) is 11.3 Å². The van der Waals surface area contributed by atoms with Gasteiger partial charge in [-0.3, -0.25) is 9.78 Å². The summed E-state index contributed by atoms with van der Waals surface area (Å²) in [6, 6.07) is 2.53. The first kappa shape index (κ1) is 10.5. The summed E-state index contributed by atoms with van der Waals surface area (Å²) in [6.07, 6.45) is -3.42. The summed E-state index contributed by atoms with van der Waals surface area (Å²) in [6.45, 7) is 0. The molecule has 0 aliphatic rings. The third-order valence-electron chi connectivity index (χ3n) is 1.40. The second-order valence-corrected chi connectivity index (χ2v) is 2.49. The third kappa shape index (κ3) is 2.72. The first-order chi connectivity index (χ1) is 6.40. The molecule has 3 nitrogen and oxygen atoms in total. The molecular weight excluding hydrogens is 197 g/mol. The van der Waals surface area contributed by atoms with E-state index in [2.05, 4.69) is 4.98 Å². The smallest absolute Gasteiger partial charge is 0.366 e. The molecule has 6 heteroatoms. The summed E-state index contributed by atoms with van der Waals surface area (Å²) in [4.78, 5) is 14.1. The highest BCUT2D eigenvalue weighted by Gasteiger charge is 2.31. The Kier molecular flexibility index (Phi) is 2.73. The van der Waals surface area contributed by atoms with E-state index < -0.39 is 17.8 Å². The summed E-state index contributed by atoms with van der Waals surface area (Å²) < 4.78 is 35.8. The van der Waals surface area contributed by atoms with E-state index in [0.717, 1.165) is 6.20 Å². The van der Waals surface area contributed by atoms with Gasteiger partial charge in [-0.25, -0.2) is 0 Å². The van der Waals surface area contributed by atoms with Crippen LogP contribution in [0.2, 0.25) is 0 Å². The first-order valence-corrected chi connectivity index (χ1v) is 3.57. The number of alkyl halides is 3. The number of aromatic nitrogens is 1. The van der Waals surface area contributed by atoms with Crippen LogP contribution in [0.4, 0.5) is 13.2 Å². The molecule has 1 amide bonds. The highest BCUT2D eigenvalue weighted by Crippen LogP contribution is 2.23. The maximum absolute atomic E-state index is 11.9. The average molecular weight is 203 g/mol. The first-order valence-electron chi connectivity index (χ1n) is 3.57. The highest BCUT2D eigenvalue weighted by atomic mass is 19.4. The SMILES string of the molecule is NC(=O)c1cccnc1[CH]C(F)(F)F. The molecular formula is C8H6F3N2O. The lowest BCUT2D eigenvalue weighted by atomic mass is 10.1. The minimum atomic E-state index is -4.52. The van der Waals surface area contributed by atoms with Gasteiger partial charge in [0, 0.05) is 6.20 Å². The minimum Gasteiger partial charge on any atom is -0.366 e. The number of halogens is 3. The Morgan fingerprint density at radius 1 is 1.50 bits per heavy atom. The van der Waals surface area contributed by atoms with Crippen LogP contribution in [-0.4, -0.2) is 17.1 Å². The Morgan fingerprint density at radius 2 is 2.14 bits per heavy atom. The van der Waals surface area contributed by atoms with Gasteiger partial charge in [-0.1, -0.05) is 0 Å². The van der Waals surface area contributed by atoms with E-state index >= 15 is 0 Å². The number of hydrogen-bond donors (Lipinski definition) is 1. The Hall–Kier alpha value is -1.59. The van der Waals surface area contributed by atoms with Gasteiger partial charge in [0.15, 0.2) is 0 Å². The van der Waals surface area contributed by atoms with Gasteiger partial charge >= 0.3 is 6.18 Å². The van der Waals surface area contributed by atoms with Crippen molar-refractivity contribution in [3.05, 3.63) is 36.0 Å². The van der Waals surface area contributed by atoms with Crippen LogP contribution in [0.5, 0.6) is 0 Å². The zero-order valence-electron chi connectivity index (χ0n) is 6.88. The summed E-state index contributed by atoms with van der Waals surface area (Å²) in [7, 11) is 0. The van der Waals surface area contributed by atoms with Crippen molar-refractivity contribution in [2.45, 2.75) is 6.18 Å². The highest BCUT2D eigenvalue weighted by molar-refractivity contribution is 5.94. The molecule has 0 saturated carbocycles. The molecule has 0 atom stereocenters. The Bertz CT molecular complexity index is 349. The zero-order chi connectivity index (χ0) is 10.8. The number of hydrogen-bond acceptors (Lipinski definition) is 2.